The van der Waals surface area contributed by atoms with Gasteiger partial charge in [0, 0.05) is 23.5 Å². The van der Waals surface area contributed by atoms with E-state index in [2.05, 4.69) is 10.3 Å². The van der Waals surface area contributed by atoms with Gasteiger partial charge < -0.3 is 14.8 Å². The average molecular weight is 408 g/mol. The van der Waals surface area contributed by atoms with Crippen molar-refractivity contribution in [1.29, 1.82) is 0 Å². The van der Waals surface area contributed by atoms with Gasteiger partial charge in [0.15, 0.2) is 5.60 Å². The molecule has 0 aliphatic rings. The van der Waals surface area contributed by atoms with Crippen LogP contribution in [0.5, 0.6) is 11.6 Å². The lowest BCUT2D eigenvalue weighted by Crippen LogP contribution is -2.42. The number of aromatic nitrogens is 1. The van der Waals surface area contributed by atoms with Gasteiger partial charge in [-0.2, -0.15) is 0 Å². The predicted octanol–water partition coefficient (Wildman–Crippen LogP) is 5.47. The van der Waals surface area contributed by atoms with Gasteiger partial charge in [-0.1, -0.05) is 12.1 Å². The lowest BCUT2D eigenvalue weighted by Gasteiger charge is -2.25. The van der Waals surface area contributed by atoms with Crippen molar-refractivity contribution >= 4 is 11.6 Å². The third-order valence-corrected chi connectivity index (χ3v) is 4.30. The molecule has 0 saturated heterocycles. The monoisotopic (exact) mass is 408 g/mol. The Morgan fingerprint density at radius 3 is 2.17 bits per heavy atom. The molecule has 0 bridgehead atoms. The molecule has 5 nitrogen and oxygen atoms in total. The minimum atomic E-state index is -1.13. The Morgan fingerprint density at radius 1 is 0.967 bits per heavy atom. The van der Waals surface area contributed by atoms with Gasteiger partial charge >= 0.3 is 0 Å². The number of hydrogen-bond donors (Lipinski definition) is 1. The Kier molecular flexibility index (Phi) is 6.35. The molecule has 3 rings (SSSR count). The second kappa shape index (κ2) is 8.95. The summed E-state index contributed by atoms with van der Waals surface area (Å²) < 4.78 is 24.3. The van der Waals surface area contributed by atoms with Crippen molar-refractivity contribution in [3.63, 3.8) is 0 Å². The minimum absolute atomic E-state index is 0.0718. The van der Waals surface area contributed by atoms with Crippen molar-refractivity contribution in [3.05, 3.63) is 72.7 Å². The molecular formula is C24H25FN2O3. The van der Waals surface area contributed by atoms with Gasteiger partial charge in [-0.05, 0) is 75.7 Å². The largest absolute Gasteiger partial charge is 0.478 e. The average Bonchev–Trinajstić information content (AvgIpc) is 2.70. The van der Waals surface area contributed by atoms with Crippen molar-refractivity contribution in [1.82, 2.24) is 4.98 Å². The highest BCUT2D eigenvalue weighted by Gasteiger charge is 2.30. The van der Waals surface area contributed by atoms with Gasteiger partial charge in [0.25, 0.3) is 5.91 Å². The van der Waals surface area contributed by atoms with Gasteiger partial charge in [0.2, 0.25) is 5.88 Å². The summed E-state index contributed by atoms with van der Waals surface area (Å²) in [7, 11) is 0. The van der Waals surface area contributed by atoms with Crippen molar-refractivity contribution < 1.29 is 18.7 Å². The summed E-state index contributed by atoms with van der Waals surface area (Å²) in [5, 5.41) is 2.85. The van der Waals surface area contributed by atoms with Gasteiger partial charge in [-0.25, -0.2) is 9.37 Å². The predicted molar refractivity (Wildman–Crippen MR) is 115 cm³/mol. The molecule has 0 unspecified atom stereocenters. The number of amides is 1. The van der Waals surface area contributed by atoms with Crippen LogP contribution in [0.25, 0.3) is 11.1 Å². The number of ether oxygens (including phenoxy) is 2. The third kappa shape index (κ3) is 5.56. The highest BCUT2D eigenvalue weighted by Crippen LogP contribution is 2.24. The van der Waals surface area contributed by atoms with E-state index < -0.39 is 5.60 Å². The summed E-state index contributed by atoms with van der Waals surface area (Å²) in [6.45, 7) is 7.22. The first-order chi connectivity index (χ1) is 14.2. The fourth-order valence-corrected chi connectivity index (χ4v) is 2.73. The van der Waals surface area contributed by atoms with Crippen molar-refractivity contribution in [2.24, 2.45) is 0 Å². The third-order valence-electron chi connectivity index (χ3n) is 4.30. The maximum atomic E-state index is 13.0. The Labute approximate surface area is 175 Å². The van der Waals surface area contributed by atoms with Crippen molar-refractivity contribution in [3.8, 4) is 22.8 Å². The lowest BCUT2D eigenvalue weighted by molar-refractivity contribution is -0.128. The molecule has 0 aliphatic carbocycles. The zero-order valence-electron chi connectivity index (χ0n) is 17.5. The number of anilines is 1. The molecule has 0 aliphatic heterocycles. The maximum absolute atomic E-state index is 13.0. The Morgan fingerprint density at radius 2 is 1.60 bits per heavy atom. The van der Waals surface area contributed by atoms with E-state index in [0.717, 1.165) is 11.1 Å². The van der Waals surface area contributed by atoms with Crippen LogP contribution < -0.4 is 14.8 Å². The highest BCUT2D eigenvalue weighted by atomic mass is 19.1. The van der Waals surface area contributed by atoms with Crippen LogP contribution in [0, 0.1) is 5.82 Å². The Bertz CT molecular complexity index is 982. The van der Waals surface area contributed by atoms with E-state index in [1.54, 1.807) is 20.0 Å². The first-order valence-corrected chi connectivity index (χ1v) is 9.72. The summed E-state index contributed by atoms with van der Waals surface area (Å²) in [4.78, 5) is 17.0. The zero-order chi connectivity index (χ0) is 21.7. The zero-order valence-corrected chi connectivity index (χ0v) is 17.5. The molecule has 156 valence electrons. The SMILES string of the molecule is CC(C)Oc1ccc(-c2ccc(NC(=O)C(C)(C)Oc3ccc(F)cc3)cc2)cn1. The number of rotatable bonds is 7. The van der Waals surface area contributed by atoms with Crippen LogP contribution in [0.2, 0.25) is 0 Å². The molecule has 30 heavy (non-hydrogen) atoms. The molecule has 1 N–H and O–H groups in total. The van der Waals surface area contributed by atoms with Gasteiger partial charge in [-0.3, -0.25) is 4.79 Å². The Balaban J connectivity index is 1.64. The highest BCUT2D eigenvalue weighted by molar-refractivity contribution is 5.97. The van der Waals surface area contributed by atoms with E-state index in [0.29, 0.717) is 17.3 Å². The standard InChI is InChI=1S/C24H25FN2O3/c1-16(2)29-22-14-7-18(15-26-22)17-5-10-20(11-6-17)27-23(28)24(3,4)30-21-12-8-19(25)9-13-21/h5-16H,1-4H3,(H,27,28). The summed E-state index contributed by atoms with van der Waals surface area (Å²) in [6.07, 6.45) is 1.83. The van der Waals surface area contributed by atoms with E-state index in [1.807, 2.05) is 50.2 Å². The fraction of sp³-hybridized carbons (Fsp3) is 0.250. The van der Waals surface area contributed by atoms with Crippen LogP contribution >= 0.6 is 0 Å². The molecule has 6 heteroatoms. The number of nitrogens with one attached hydrogen (secondary N) is 1. The quantitative estimate of drug-likeness (QED) is 0.563. The summed E-state index contributed by atoms with van der Waals surface area (Å²) in [5.74, 6) is 0.337. The number of nitrogens with zero attached hydrogens (tertiary/aromatic N) is 1. The molecule has 0 fully saturated rings. The molecule has 3 aromatic rings. The van der Waals surface area contributed by atoms with Crippen LogP contribution in [0.15, 0.2) is 66.9 Å². The Hall–Kier alpha value is -3.41. The number of carbonyl (C=O) groups is 1. The summed E-state index contributed by atoms with van der Waals surface area (Å²) >= 11 is 0. The number of pyridine rings is 1. The number of hydrogen-bond acceptors (Lipinski definition) is 4. The topological polar surface area (TPSA) is 60.5 Å². The van der Waals surface area contributed by atoms with E-state index in [1.165, 1.54) is 24.3 Å². The molecule has 2 aromatic carbocycles. The van der Waals surface area contributed by atoms with Crippen LogP contribution in [0.1, 0.15) is 27.7 Å². The second-order valence-corrected chi connectivity index (χ2v) is 7.65. The molecule has 0 radical (unpaired) electrons. The molecule has 0 spiro atoms. The number of benzene rings is 2. The van der Waals surface area contributed by atoms with E-state index in [9.17, 15) is 9.18 Å². The smallest absolute Gasteiger partial charge is 0.267 e. The van der Waals surface area contributed by atoms with Crippen LogP contribution in [-0.4, -0.2) is 22.6 Å². The lowest BCUT2D eigenvalue weighted by atomic mass is 10.1. The van der Waals surface area contributed by atoms with Crippen LogP contribution in [0.3, 0.4) is 0 Å². The molecule has 0 atom stereocenters. The molecule has 1 heterocycles. The van der Waals surface area contributed by atoms with E-state index in [-0.39, 0.29) is 17.8 Å². The van der Waals surface area contributed by atoms with Gasteiger partial charge in [0.1, 0.15) is 11.6 Å². The molecular weight excluding hydrogens is 383 g/mol. The first kappa shape index (κ1) is 21.3. The van der Waals surface area contributed by atoms with E-state index >= 15 is 0 Å². The van der Waals surface area contributed by atoms with Crippen LogP contribution in [0.4, 0.5) is 10.1 Å². The summed E-state index contributed by atoms with van der Waals surface area (Å²) in [5.41, 5.74) is 1.43. The van der Waals surface area contributed by atoms with E-state index in [4.69, 9.17) is 9.47 Å². The van der Waals surface area contributed by atoms with Gasteiger partial charge in [0.05, 0.1) is 6.10 Å². The first-order valence-electron chi connectivity index (χ1n) is 9.72. The summed E-state index contributed by atoms with van der Waals surface area (Å²) in [6, 6.07) is 16.8. The normalized spacial score (nSPS) is 11.3. The number of halogens is 1. The molecule has 0 saturated carbocycles. The van der Waals surface area contributed by atoms with Gasteiger partial charge in [-0.15, -0.1) is 0 Å². The number of carbonyl (C=O) groups excluding carboxylic acids is 1. The van der Waals surface area contributed by atoms with Crippen molar-refractivity contribution in [2.75, 3.05) is 5.32 Å². The fourth-order valence-electron chi connectivity index (χ4n) is 2.73. The second-order valence-electron chi connectivity index (χ2n) is 7.65. The van der Waals surface area contributed by atoms with Crippen LogP contribution in [-0.2, 0) is 4.79 Å². The molecule has 1 amide bonds. The van der Waals surface area contributed by atoms with Crippen molar-refractivity contribution in [2.45, 2.75) is 39.4 Å². The molecule has 1 aromatic heterocycles. The maximum Gasteiger partial charge on any atom is 0.267 e. The minimum Gasteiger partial charge on any atom is -0.478 e.